The molecule has 0 aliphatic rings. The summed E-state index contributed by atoms with van der Waals surface area (Å²) in [4.78, 5) is 12.5. The molecule has 3 aromatic rings. The minimum atomic E-state index is -0.0808. The second-order valence-corrected chi connectivity index (χ2v) is 5.71. The zero-order chi connectivity index (χ0) is 17.3. The topological polar surface area (TPSA) is 38.3 Å². The fourth-order valence-electron chi connectivity index (χ4n) is 2.65. The molecule has 0 saturated carbocycles. The van der Waals surface area contributed by atoms with Crippen LogP contribution in [-0.2, 0) is 11.3 Å². The van der Waals surface area contributed by atoms with Gasteiger partial charge in [-0.1, -0.05) is 78.9 Å². The highest BCUT2D eigenvalue weighted by Gasteiger charge is 2.11. The van der Waals surface area contributed by atoms with Gasteiger partial charge in [0.15, 0.2) is 0 Å². The van der Waals surface area contributed by atoms with Crippen LogP contribution in [0.25, 0.3) is 11.1 Å². The van der Waals surface area contributed by atoms with Gasteiger partial charge in [-0.05, 0) is 22.8 Å². The zero-order valence-corrected chi connectivity index (χ0v) is 14.0. The van der Waals surface area contributed by atoms with Gasteiger partial charge in [0, 0.05) is 12.1 Å². The fourth-order valence-corrected chi connectivity index (χ4v) is 2.65. The molecule has 1 amide bonds. The van der Waals surface area contributed by atoms with Crippen molar-refractivity contribution in [3.8, 4) is 11.1 Å². The number of rotatable bonds is 7. The maximum atomic E-state index is 12.5. The first kappa shape index (κ1) is 16.9. The fraction of sp³-hybridized carbons (Fsp3) is 0.136. The second-order valence-electron chi connectivity index (χ2n) is 5.71. The van der Waals surface area contributed by atoms with Gasteiger partial charge in [0.2, 0.25) is 0 Å². The molecule has 0 unspecified atom stereocenters. The van der Waals surface area contributed by atoms with Gasteiger partial charge >= 0.3 is 0 Å². The molecular weight excluding hydrogens is 310 g/mol. The van der Waals surface area contributed by atoms with Crippen molar-refractivity contribution in [3.05, 3.63) is 96.1 Å². The van der Waals surface area contributed by atoms with Crippen LogP contribution >= 0.6 is 0 Å². The van der Waals surface area contributed by atoms with Gasteiger partial charge in [-0.15, -0.1) is 0 Å². The third kappa shape index (κ3) is 4.78. The van der Waals surface area contributed by atoms with Gasteiger partial charge in [-0.2, -0.15) is 0 Å². The van der Waals surface area contributed by atoms with Crippen LogP contribution in [0.4, 0.5) is 0 Å². The smallest absolute Gasteiger partial charge is 0.251 e. The summed E-state index contributed by atoms with van der Waals surface area (Å²) in [7, 11) is 0. The van der Waals surface area contributed by atoms with Crippen molar-refractivity contribution < 1.29 is 9.53 Å². The lowest BCUT2D eigenvalue weighted by molar-refractivity contribution is 0.0901. The molecule has 0 heterocycles. The summed E-state index contributed by atoms with van der Waals surface area (Å²) in [6, 6.07) is 27.6. The maximum absolute atomic E-state index is 12.5. The third-order valence-corrected chi connectivity index (χ3v) is 3.90. The Morgan fingerprint density at radius 2 is 1.44 bits per heavy atom. The van der Waals surface area contributed by atoms with E-state index in [1.165, 1.54) is 0 Å². The van der Waals surface area contributed by atoms with Crippen LogP contribution in [0.5, 0.6) is 0 Å². The molecule has 0 radical (unpaired) electrons. The SMILES string of the molecule is O=C(NCCOCc1ccccc1)c1ccccc1-c1ccccc1. The van der Waals surface area contributed by atoms with Crippen LogP contribution in [0.1, 0.15) is 15.9 Å². The minimum Gasteiger partial charge on any atom is -0.375 e. The largest absolute Gasteiger partial charge is 0.375 e. The van der Waals surface area contributed by atoms with Crippen LogP contribution in [0.15, 0.2) is 84.9 Å². The Morgan fingerprint density at radius 3 is 2.20 bits per heavy atom. The van der Waals surface area contributed by atoms with Crippen molar-refractivity contribution in [1.29, 1.82) is 0 Å². The Balaban J connectivity index is 1.54. The van der Waals surface area contributed by atoms with Crippen LogP contribution in [-0.4, -0.2) is 19.1 Å². The average molecular weight is 331 g/mol. The molecule has 3 heteroatoms. The normalized spacial score (nSPS) is 10.4. The Labute approximate surface area is 148 Å². The van der Waals surface area contributed by atoms with E-state index in [0.717, 1.165) is 16.7 Å². The van der Waals surface area contributed by atoms with Gasteiger partial charge in [0.1, 0.15) is 0 Å². The Bertz CT molecular complexity index is 801. The van der Waals surface area contributed by atoms with E-state index in [2.05, 4.69) is 5.32 Å². The van der Waals surface area contributed by atoms with Gasteiger partial charge in [-0.3, -0.25) is 4.79 Å². The van der Waals surface area contributed by atoms with Gasteiger partial charge in [0.05, 0.1) is 13.2 Å². The van der Waals surface area contributed by atoms with Gasteiger partial charge < -0.3 is 10.1 Å². The van der Waals surface area contributed by atoms with Gasteiger partial charge in [-0.25, -0.2) is 0 Å². The predicted molar refractivity (Wildman–Crippen MR) is 100 cm³/mol. The number of benzene rings is 3. The number of carbonyl (C=O) groups excluding carboxylic acids is 1. The summed E-state index contributed by atoms with van der Waals surface area (Å²) in [6.07, 6.45) is 0. The summed E-state index contributed by atoms with van der Waals surface area (Å²) in [5, 5.41) is 2.93. The lowest BCUT2D eigenvalue weighted by atomic mass is 9.99. The number of amides is 1. The molecule has 3 aromatic carbocycles. The predicted octanol–water partition coefficient (Wildman–Crippen LogP) is 4.30. The van der Waals surface area contributed by atoms with E-state index in [9.17, 15) is 4.79 Å². The monoisotopic (exact) mass is 331 g/mol. The molecule has 3 rings (SSSR count). The zero-order valence-electron chi connectivity index (χ0n) is 14.0. The molecule has 1 N–H and O–H groups in total. The summed E-state index contributed by atoms with van der Waals surface area (Å²) >= 11 is 0. The van der Waals surface area contributed by atoms with E-state index in [0.29, 0.717) is 25.3 Å². The first-order valence-corrected chi connectivity index (χ1v) is 8.39. The Morgan fingerprint density at radius 1 is 0.800 bits per heavy atom. The summed E-state index contributed by atoms with van der Waals surface area (Å²) < 4.78 is 5.61. The molecule has 0 saturated heterocycles. The van der Waals surface area contributed by atoms with Crippen molar-refractivity contribution in [2.45, 2.75) is 6.61 Å². The van der Waals surface area contributed by atoms with Crippen LogP contribution in [0, 0.1) is 0 Å². The first-order chi connectivity index (χ1) is 12.3. The molecule has 0 spiro atoms. The Kier molecular flexibility index (Phi) is 5.96. The van der Waals surface area contributed by atoms with E-state index in [4.69, 9.17) is 4.74 Å². The van der Waals surface area contributed by atoms with Crippen molar-refractivity contribution in [2.24, 2.45) is 0 Å². The third-order valence-electron chi connectivity index (χ3n) is 3.90. The van der Waals surface area contributed by atoms with Crippen LogP contribution in [0.3, 0.4) is 0 Å². The first-order valence-electron chi connectivity index (χ1n) is 8.39. The maximum Gasteiger partial charge on any atom is 0.251 e. The molecular formula is C22H21NO2. The summed E-state index contributed by atoms with van der Waals surface area (Å²) in [5.74, 6) is -0.0808. The number of hydrogen-bond donors (Lipinski definition) is 1. The van der Waals surface area contributed by atoms with Crippen molar-refractivity contribution in [3.63, 3.8) is 0 Å². The van der Waals surface area contributed by atoms with E-state index in [1.807, 2.05) is 84.9 Å². The van der Waals surface area contributed by atoms with Crippen molar-refractivity contribution in [1.82, 2.24) is 5.32 Å². The van der Waals surface area contributed by atoms with Crippen LogP contribution in [0.2, 0.25) is 0 Å². The molecule has 0 bridgehead atoms. The molecule has 0 aliphatic carbocycles. The lowest BCUT2D eigenvalue weighted by Gasteiger charge is -2.11. The number of nitrogens with one attached hydrogen (secondary N) is 1. The number of hydrogen-bond acceptors (Lipinski definition) is 2. The summed E-state index contributed by atoms with van der Waals surface area (Å²) in [6.45, 7) is 1.51. The highest BCUT2D eigenvalue weighted by Crippen LogP contribution is 2.23. The quantitative estimate of drug-likeness (QED) is 0.656. The van der Waals surface area contributed by atoms with Crippen molar-refractivity contribution >= 4 is 5.91 Å². The number of carbonyl (C=O) groups is 1. The van der Waals surface area contributed by atoms with Crippen LogP contribution < -0.4 is 5.32 Å². The number of ether oxygens (including phenoxy) is 1. The minimum absolute atomic E-state index is 0.0808. The molecule has 126 valence electrons. The molecule has 0 atom stereocenters. The Hall–Kier alpha value is -2.91. The highest BCUT2D eigenvalue weighted by atomic mass is 16.5. The van der Waals surface area contributed by atoms with E-state index in [-0.39, 0.29) is 5.91 Å². The second kappa shape index (κ2) is 8.81. The van der Waals surface area contributed by atoms with Crippen molar-refractivity contribution in [2.75, 3.05) is 13.2 Å². The standard InChI is InChI=1S/C22H21NO2/c24-22(23-15-16-25-17-18-9-3-1-4-10-18)21-14-8-7-13-20(21)19-11-5-2-6-12-19/h1-14H,15-17H2,(H,23,24). The van der Waals surface area contributed by atoms with Gasteiger partial charge in [0.25, 0.3) is 5.91 Å². The molecule has 3 nitrogen and oxygen atoms in total. The summed E-state index contributed by atoms with van der Waals surface area (Å²) in [5.41, 5.74) is 3.78. The molecule has 0 aliphatic heterocycles. The molecule has 0 fully saturated rings. The van der Waals surface area contributed by atoms with E-state index >= 15 is 0 Å². The molecule has 0 aromatic heterocycles. The van der Waals surface area contributed by atoms with E-state index < -0.39 is 0 Å². The van der Waals surface area contributed by atoms with E-state index in [1.54, 1.807) is 0 Å². The molecule has 25 heavy (non-hydrogen) atoms. The average Bonchev–Trinajstić information content (AvgIpc) is 2.69. The lowest BCUT2D eigenvalue weighted by Crippen LogP contribution is -2.27. The highest BCUT2D eigenvalue weighted by molar-refractivity contribution is 6.00.